The number of nitrogens with zero attached hydrogens (tertiary/aromatic N) is 3. The average Bonchev–Trinajstić information content (AvgIpc) is 2.64. The molecule has 0 N–H and O–H groups in total. The molecule has 0 saturated carbocycles. The molecule has 0 radical (unpaired) electrons. The summed E-state index contributed by atoms with van der Waals surface area (Å²) in [4.78, 5) is 12.0. The van der Waals surface area contributed by atoms with Crippen molar-refractivity contribution in [3.63, 3.8) is 0 Å². The lowest BCUT2D eigenvalue weighted by Crippen LogP contribution is -2.18. The third kappa shape index (κ3) is 3.05. The Morgan fingerprint density at radius 1 is 1.35 bits per heavy atom. The molecule has 0 aliphatic rings. The van der Waals surface area contributed by atoms with Crippen LogP contribution in [0.25, 0.3) is 0 Å². The van der Waals surface area contributed by atoms with Gasteiger partial charge in [0.05, 0.1) is 22.2 Å². The van der Waals surface area contributed by atoms with Crippen LogP contribution in [0.15, 0.2) is 26.7 Å². The average molecular weight is 377 g/mol. The number of hydrogen-bond donors (Lipinski definition) is 0. The zero-order chi connectivity index (χ0) is 12.4. The van der Waals surface area contributed by atoms with E-state index < -0.39 is 0 Å². The van der Waals surface area contributed by atoms with Crippen LogP contribution in [0.5, 0.6) is 0 Å². The molecule has 17 heavy (non-hydrogen) atoms. The maximum absolute atomic E-state index is 4.40. The van der Waals surface area contributed by atoms with E-state index in [9.17, 15) is 0 Å². The highest BCUT2D eigenvalue weighted by Crippen LogP contribution is 2.27. The van der Waals surface area contributed by atoms with Crippen LogP contribution in [0.4, 0.5) is 5.82 Å². The Morgan fingerprint density at radius 2 is 2.12 bits per heavy atom. The third-order valence-electron chi connectivity index (χ3n) is 2.38. The van der Waals surface area contributed by atoms with Crippen molar-refractivity contribution in [2.45, 2.75) is 13.5 Å². The van der Waals surface area contributed by atoms with Crippen molar-refractivity contribution in [2.24, 2.45) is 0 Å². The SMILES string of the molecule is Cc1ncsc1CN(C)c1ncc(Br)cc1Br. The van der Waals surface area contributed by atoms with Crippen molar-refractivity contribution in [2.75, 3.05) is 11.9 Å². The predicted molar refractivity (Wildman–Crippen MR) is 78.6 cm³/mol. The molecular weight excluding hydrogens is 366 g/mol. The van der Waals surface area contributed by atoms with Gasteiger partial charge in [0, 0.05) is 22.6 Å². The Labute approximate surface area is 121 Å². The molecule has 2 aromatic rings. The van der Waals surface area contributed by atoms with Gasteiger partial charge < -0.3 is 4.90 Å². The second kappa shape index (κ2) is 5.46. The first-order valence-corrected chi connectivity index (χ1v) is 7.45. The third-order valence-corrected chi connectivity index (χ3v) is 4.31. The largest absolute Gasteiger partial charge is 0.354 e. The molecule has 2 aromatic heterocycles. The van der Waals surface area contributed by atoms with Gasteiger partial charge in [-0.25, -0.2) is 9.97 Å². The van der Waals surface area contributed by atoms with Crippen molar-refractivity contribution in [3.05, 3.63) is 37.3 Å². The summed E-state index contributed by atoms with van der Waals surface area (Å²) in [5.74, 6) is 0.931. The maximum Gasteiger partial charge on any atom is 0.143 e. The van der Waals surface area contributed by atoms with E-state index in [4.69, 9.17) is 0 Å². The number of hydrogen-bond acceptors (Lipinski definition) is 4. The van der Waals surface area contributed by atoms with E-state index in [1.807, 2.05) is 25.5 Å². The van der Waals surface area contributed by atoms with Gasteiger partial charge in [0.1, 0.15) is 5.82 Å². The topological polar surface area (TPSA) is 29.0 Å². The molecule has 3 nitrogen and oxygen atoms in total. The quantitative estimate of drug-likeness (QED) is 0.810. The first kappa shape index (κ1) is 13.0. The summed E-state index contributed by atoms with van der Waals surface area (Å²) in [7, 11) is 2.03. The Balaban J connectivity index is 2.20. The summed E-state index contributed by atoms with van der Waals surface area (Å²) in [6, 6.07) is 2.00. The fourth-order valence-electron chi connectivity index (χ4n) is 1.46. The van der Waals surface area contributed by atoms with Gasteiger partial charge in [-0.3, -0.25) is 0 Å². The number of halogens is 2. The fourth-order valence-corrected chi connectivity index (χ4v) is 3.58. The molecule has 0 bridgehead atoms. The zero-order valence-electron chi connectivity index (χ0n) is 9.44. The van der Waals surface area contributed by atoms with Gasteiger partial charge in [-0.05, 0) is 44.8 Å². The fraction of sp³-hybridized carbons (Fsp3) is 0.273. The highest BCUT2D eigenvalue weighted by molar-refractivity contribution is 9.11. The van der Waals surface area contributed by atoms with E-state index >= 15 is 0 Å². The first-order valence-electron chi connectivity index (χ1n) is 4.99. The van der Waals surface area contributed by atoms with Gasteiger partial charge in [-0.15, -0.1) is 11.3 Å². The molecule has 0 saturated heterocycles. The molecule has 0 unspecified atom stereocenters. The predicted octanol–water partition coefficient (Wildman–Crippen LogP) is 4.01. The molecule has 0 fully saturated rings. The van der Waals surface area contributed by atoms with Gasteiger partial charge in [-0.1, -0.05) is 0 Å². The molecule has 0 aliphatic heterocycles. The minimum Gasteiger partial charge on any atom is -0.354 e. The number of pyridine rings is 1. The van der Waals surface area contributed by atoms with E-state index in [1.165, 1.54) is 4.88 Å². The highest BCUT2D eigenvalue weighted by atomic mass is 79.9. The van der Waals surface area contributed by atoms with Crippen molar-refractivity contribution >= 4 is 49.0 Å². The molecule has 6 heteroatoms. The number of aromatic nitrogens is 2. The summed E-state index contributed by atoms with van der Waals surface area (Å²) in [5.41, 5.74) is 2.97. The molecule has 2 heterocycles. The lowest BCUT2D eigenvalue weighted by atomic mass is 10.3. The Bertz CT molecular complexity index is 527. The van der Waals surface area contributed by atoms with Gasteiger partial charge in [0.25, 0.3) is 0 Å². The van der Waals surface area contributed by atoms with Crippen LogP contribution in [0, 0.1) is 6.92 Å². The minimum absolute atomic E-state index is 0.823. The summed E-state index contributed by atoms with van der Waals surface area (Å²) in [5, 5.41) is 0. The van der Waals surface area contributed by atoms with Gasteiger partial charge >= 0.3 is 0 Å². The number of thiazole rings is 1. The van der Waals surface area contributed by atoms with Crippen LogP contribution >= 0.6 is 43.2 Å². The summed E-state index contributed by atoms with van der Waals surface area (Å²) >= 11 is 8.60. The Kier molecular flexibility index (Phi) is 4.17. The number of rotatable bonds is 3. The Morgan fingerprint density at radius 3 is 2.71 bits per heavy atom. The molecule has 0 atom stereocenters. The monoisotopic (exact) mass is 375 g/mol. The van der Waals surface area contributed by atoms with Crippen LogP contribution < -0.4 is 4.90 Å². The van der Waals surface area contributed by atoms with Crippen LogP contribution in [0.1, 0.15) is 10.6 Å². The summed E-state index contributed by atoms with van der Waals surface area (Å²) < 4.78 is 1.95. The molecule has 2 rings (SSSR count). The van der Waals surface area contributed by atoms with Crippen molar-refractivity contribution < 1.29 is 0 Å². The minimum atomic E-state index is 0.823. The maximum atomic E-state index is 4.40. The smallest absolute Gasteiger partial charge is 0.143 e. The molecular formula is C11H11Br2N3S. The van der Waals surface area contributed by atoms with Crippen LogP contribution in [0.2, 0.25) is 0 Å². The van der Waals surface area contributed by atoms with Crippen LogP contribution in [-0.2, 0) is 6.54 Å². The molecule has 0 aromatic carbocycles. The van der Waals surface area contributed by atoms with E-state index in [0.29, 0.717) is 0 Å². The van der Waals surface area contributed by atoms with Gasteiger partial charge in [0.15, 0.2) is 0 Å². The summed E-state index contributed by atoms with van der Waals surface area (Å²) in [6.07, 6.45) is 1.80. The van der Waals surface area contributed by atoms with Crippen LogP contribution in [0.3, 0.4) is 0 Å². The normalized spacial score (nSPS) is 10.6. The Hall–Kier alpha value is -0.460. The second-order valence-corrected chi connectivity index (χ2v) is 6.39. The van der Waals surface area contributed by atoms with Crippen LogP contribution in [-0.4, -0.2) is 17.0 Å². The standard InChI is InChI=1S/C11H11Br2N3S/c1-7-10(17-6-15-7)5-16(2)11-9(13)3-8(12)4-14-11/h3-4,6H,5H2,1-2H3. The lowest BCUT2D eigenvalue weighted by Gasteiger charge is -2.18. The van der Waals surface area contributed by atoms with Gasteiger partial charge in [0.2, 0.25) is 0 Å². The molecule has 0 amide bonds. The lowest BCUT2D eigenvalue weighted by molar-refractivity contribution is 0.896. The van der Waals surface area contributed by atoms with E-state index in [-0.39, 0.29) is 0 Å². The van der Waals surface area contributed by atoms with Crippen molar-refractivity contribution in [3.8, 4) is 0 Å². The van der Waals surface area contributed by atoms with Crippen molar-refractivity contribution in [1.29, 1.82) is 0 Å². The second-order valence-electron chi connectivity index (χ2n) is 3.68. The van der Waals surface area contributed by atoms with Crippen molar-refractivity contribution in [1.82, 2.24) is 9.97 Å². The number of anilines is 1. The van der Waals surface area contributed by atoms with E-state index in [0.717, 1.165) is 27.0 Å². The van der Waals surface area contributed by atoms with Gasteiger partial charge in [-0.2, -0.15) is 0 Å². The first-order chi connectivity index (χ1) is 8.08. The molecule has 0 aliphatic carbocycles. The molecule has 90 valence electrons. The highest BCUT2D eigenvalue weighted by Gasteiger charge is 2.10. The summed E-state index contributed by atoms with van der Waals surface area (Å²) in [6.45, 7) is 2.85. The molecule has 0 spiro atoms. The number of aryl methyl sites for hydroxylation is 1. The van der Waals surface area contributed by atoms with E-state index in [1.54, 1.807) is 17.5 Å². The zero-order valence-corrected chi connectivity index (χ0v) is 13.4. The van der Waals surface area contributed by atoms with E-state index in [2.05, 4.69) is 46.7 Å².